The molecule has 0 bridgehead atoms. The van der Waals surface area contributed by atoms with Crippen LogP contribution in [-0.4, -0.2) is 9.55 Å². The van der Waals surface area contributed by atoms with Gasteiger partial charge in [0.25, 0.3) is 0 Å². The molecule has 102 valence electrons. The molecule has 1 aromatic heterocycles. The molecule has 0 radical (unpaired) electrons. The largest absolute Gasteiger partial charge is 0.331 e. The fraction of sp³-hybridized carbons (Fsp3) is 0.188. The van der Waals surface area contributed by atoms with Gasteiger partial charge in [0.1, 0.15) is 5.82 Å². The first-order chi connectivity index (χ1) is 9.70. The maximum atomic E-state index is 6.23. The second-order valence-corrected chi connectivity index (χ2v) is 5.25. The first kappa shape index (κ1) is 13.2. The Balaban J connectivity index is 2.09. The van der Waals surface area contributed by atoms with Gasteiger partial charge in [-0.3, -0.25) is 0 Å². The third-order valence-electron chi connectivity index (χ3n) is 3.61. The number of hydrogen-bond donors (Lipinski definition) is 1. The van der Waals surface area contributed by atoms with E-state index >= 15 is 0 Å². The van der Waals surface area contributed by atoms with Gasteiger partial charge >= 0.3 is 0 Å². The van der Waals surface area contributed by atoms with Gasteiger partial charge in [-0.15, -0.1) is 0 Å². The summed E-state index contributed by atoms with van der Waals surface area (Å²) in [5.74, 6) is 0.994. The summed E-state index contributed by atoms with van der Waals surface area (Å²) in [7, 11) is 2.03. The van der Waals surface area contributed by atoms with Crippen molar-refractivity contribution in [1.29, 1.82) is 0 Å². The number of hydrogen-bond acceptors (Lipinski definition) is 2. The minimum absolute atomic E-state index is 0.500. The Bertz CT molecular complexity index is 762. The Morgan fingerprint density at radius 2 is 1.85 bits per heavy atom. The van der Waals surface area contributed by atoms with E-state index in [-0.39, 0.29) is 0 Å². The average Bonchev–Trinajstić information content (AvgIpc) is 2.78. The Morgan fingerprint density at radius 1 is 1.10 bits per heavy atom. The molecule has 0 unspecified atom stereocenters. The normalized spacial score (nSPS) is 11.2. The van der Waals surface area contributed by atoms with Crippen LogP contribution in [0.15, 0.2) is 42.5 Å². The van der Waals surface area contributed by atoms with Gasteiger partial charge in [0.05, 0.1) is 11.0 Å². The standard InChI is InChI=1S/C16H16ClN3/c1-20-14-8-4-6-12(10-18)16(14)19-15(20)9-11-5-2-3-7-13(11)17/h2-8H,9-10,18H2,1H3. The van der Waals surface area contributed by atoms with Crippen molar-refractivity contribution in [2.75, 3.05) is 0 Å². The van der Waals surface area contributed by atoms with Crippen LogP contribution < -0.4 is 5.73 Å². The van der Waals surface area contributed by atoms with Crippen molar-refractivity contribution < 1.29 is 0 Å². The van der Waals surface area contributed by atoms with Crippen LogP contribution in [0.1, 0.15) is 17.0 Å². The Kier molecular flexibility index (Phi) is 3.47. The highest BCUT2D eigenvalue weighted by atomic mass is 35.5. The molecule has 0 aliphatic rings. The highest BCUT2D eigenvalue weighted by Crippen LogP contribution is 2.23. The lowest BCUT2D eigenvalue weighted by Crippen LogP contribution is -1.99. The molecule has 0 saturated carbocycles. The van der Waals surface area contributed by atoms with Crippen molar-refractivity contribution in [2.45, 2.75) is 13.0 Å². The lowest BCUT2D eigenvalue weighted by atomic mass is 10.1. The molecule has 3 aromatic rings. The van der Waals surface area contributed by atoms with Crippen LogP contribution in [0.4, 0.5) is 0 Å². The maximum Gasteiger partial charge on any atom is 0.114 e. The van der Waals surface area contributed by atoms with Crippen molar-refractivity contribution in [1.82, 2.24) is 9.55 Å². The quantitative estimate of drug-likeness (QED) is 0.802. The van der Waals surface area contributed by atoms with Gasteiger partial charge in [-0.25, -0.2) is 4.98 Å². The van der Waals surface area contributed by atoms with Gasteiger partial charge in [-0.1, -0.05) is 41.9 Å². The van der Waals surface area contributed by atoms with Crippen LogP contribution in [0.25, 0.3) is 11.0 Å². The first-order valence-corrected chi connectivity index (χ1v) is 6.95. The Labute approximate surface area is 123 Å². The Hall–Kier alpha value is -1.84. The number of imidazole rings is 1. The van der Waals surface area contributed by atoms with Crippen molar-refractivity contribution >= 4 is 22.6 Å². The highest BCUT2D eigenvalue weighted by Gasteiger charge is 2.11. The second kappa shape index (κ2) is 5.27. The summed E-state index contributed by atoms with van der Waals surface area (Å²) in [6.07, 6.45) is 0.717. The average molecular weight is 286 g/mol. The van der Waals surface area contributed by atoms with Gasteiger partial charge in [0.2, 0.25) is 0 Å². The van der Waals surface area contributed by atoms with Crippen LogP contribution in [0, 0.1) is 0 Å². The summed E-state index contributed by atoms with van der Waals surface area (Å²) in [4.78, 5) is 4.74. The molecule has 3 rings (SSSR count). The molecule has 0 saturated heterocycles. The Morgan fingerprint density at radius 3 is 2.60 bits per heavy atom. The smallest absolute Gasteiger partial charge is 0.114 e. The number of aryl methyl sites for hydroxylation is 1. The van der Waals surface area contributed by atoms with Crippen LogP contribution >= 0.6 is 11.6 Å². The van der Waals surface area contributed by atoms with E-state index in [1.807, 2.05) is 43.4 Å². The SMILES string of the molecule is Cn1c(Cc2ccccc2Cl)nc2c(CN)cccc21. The topological polar surface area (TPSA) is 43.8 Å². The van der Waals surface area contributed by atoms with Crippen molar-refractivity contribution in [3.05, 3.63) is 64.4 Å². The third-order valence-corrected chi connectivity index (χ3v) is 3.98. The van der Waals surface area contributed by atoms with Crippen molar-refractivity contribution in [3.63, 3.8) is 0 Å². The van der Waals surface area contributed by atoms with Crippen molar-refractivity contribution in [3.8, 4) is 0 Å². The number of nitrogens with two attached hydrogens (primary N) is 1. The second-order valence-electron chi connectivity index (χ2n) is 4.84. The van der Waals surface area contributed by atoms with Gasteiger partial charge in [-0.05, 0) is 23.3 Å². The van der Waals surface area contributed by atoms with E-state index in [2.05, 4.69) is 10.6 Å². The zero-order chi connectivity index (χ0) is 14.1. The van der Waals surface area contributed by atoms with E-state index in [1.54, 1.807) is 0 Å². The van der Waals surface area contributed by atoms with Gasteiger partial charge in [-0.2, -0.15) is 0 Å². The van der Waals surface area contributed by atoms with Crippen LogP contribution in [-0.2, 0) is 20.0 Å². The summed E-state index contributed by atoms with van der Waals surface area (Å²) in [6, 6.07) is 14.0. The number of fused-ring (bicyclic) bond motifs is 1. The zero-order valence-corrected chi connectivity index (χ0v) is 12.1. The molecule has 0 aliphatic carbocycles. The van der Waals surface area contributed by atoms with Crippen LogP contribution in [0.2, 0.25) is 5.02 Å². The van der Waals surface area contributed by atoms with E-state index in [0.29, 0.717) is 6.54 Å². The summed E-state index contributed by atoms with van der Waals surface area (Å²) in [6.45, 7) is 0.500. The molecule has 20 heavy (non-hydrogen) atoms. The molecule has 0 fully saturated rings. The molecule has 0 aliphatic heterocycles. The zero-order valence-electron chi connectivity index (χ0n) is 11.3. The molecule has 0 atom stereocenters. The number of nitrogens with zero attached hydrogens (tertiary/aromatic N) is 2. The van der Waals surface area contributed by atoms with Crippen molar-refractivity contribution in [2.24, 2.45) is 12.8 Å². The van der Waals surface area contributed by atoms with Gasteiger partial charge in [0.15, 0.2) is 0 Å². The molecule has 2 aromatic carbocycles. The highest BCUT2D eigenvalue weighted by molar-refractivity contribution is 6.31. The van der Waals surface area contributed by atoms with E-state index in [4.69, 9.17) is 22.3 Å². The summed E-state index contributed by atoms with van der Waals surface area (Å²) in [5.41, 5.74) is 10.0. The molecule has 3 nitrogen and oxygen atoms in total. The van der Waals surface area contributed by atoms with Gasteiger partial charge < -0.3 is 10.3 Å². The molecule has 2 N–H and O–H groups in total. The van der Waals surface area contributed by atoms with E-state index in [1.165, 1.54) is 0 Å². The maximum absolute atomic E-state index is 6.23. The lowest BCUT2D eigenvalue weighted by molar-refractivity contribution is 0.844. The molecular formula is C16H16ClN3. The van der Waals surface area contributed by atoms with E-state index < -0.39 is 0 Å². The molecule has 1 heterocycles. The first-order valence-electron chi connectivity index (χ1n) is 6.57. The predicted molar refractivity (Wildman–Crippen MR) is 82.9 cm³/mol. The lowest BCUT2D eigenvalue weighted by Gasteiger charge is -2.04. The van der Waals surface area contributed by atoms with Gasteiger partial charge in [0, 0.05) is 25.0 Å². The van der Waals surface area contributed by atoms with E-state index in [0.717, 1.165) is 39.4 Å². The monoisotopic (exact) mass is 285 g/mol. The number of para-hydroxylation sites is 1. The number of halogens is 1. The van der Waals surface area contributed by atoms with E-state index in [9.17, 15) is 0 Å². The summed E-state index contributed by atoms with van der Waals surface area (Å²) < 4.78 is 2.11. The fourth-order valence-corrected chi connectivity index (χ4v) is 2.66. The molecule has 0 spiro atoms. The third kappa shape index (κ3) is 2.19. The van der Waals surface area contributed by atoms with Crippen LogP contribution in [0.3, 0.4) is 0 Å². The summed E-state index contributed by atoms with van der Waals surface area (Å²) in [5, 5.41) is 0.776. The van der Waals surface area contributed by atoms with Crippen LogP contribution in [0.5, 0.6) is 0 Å². The fourth-order valence-electron chi connectivity index (χ4n) is 2.46. The molecule has 0 amide bonds. The molecule has 4 heteroatoms. The minimum Gasteiger partial charge on any atom is -0.331 e. The number of aromatic nitrogens is 2. The minimum atomic E-state index is 0.500. The number of rotatable bonds is 3. The summed E-state index contributed by atoms with van der Waals surface area (Å²) >= 11 is 6.23. The molecular weight excluding hydrogens is 270 g/mol. The predicted octanol–water partition coefficient (Wildman–Crippen LogP) is 3.28. The number of benzene rings is 2.